The summed E-state index contributed by atoms with van der Waals surface area (Å²) < 4.78 is 23.2. The molecule has 3 rings (SSSR count). The molecule has 0 radical (unpaired) electrons. The first kappa shape index (κ1) is 35.8. The molecule has 3 fully saturated rings. The van der Waals surface area contributed by atoms with E-state index in [2.05, 4.69) is 5.32 Å². The van der Waals surface area contributed by atoms with E-state index in [1.165, 1.54) is 0 Å². The maximum atomic E-state index is 12.6. The Bertz CT molecular complexity index is 791. The zero-order valence-corrected chi connectivity index (χ0v) is 24.7. The zero-order valence-electron chi connectivity index (χ0n) is 22.3. The van der Waals surface area contributed by atoms with Gasteiger partial charge in [-0.1, -0.05) is 6.92 Å². The van der Waals surface area contributed by atoms with Gasteiger partial charge in [-0.3, -0.25) is 4.79 Å². The molecule has 2 heterocycles. The lowest BCUT2D eigenvalue weighted by atomic mass is 9.81. The molecule has 17 heteroatoms. The number of carbonyl (C=O) groups excluding carboxylic acids is 1. The van der Waals surface area contributed by atoms with Gasteiger partial charge in [-0.2, -0.15) is 0 Å². The van der Waals surface area contributed by atoms with Crippen molar-refractivity contribution in [1.29, 1.82) is 0 Å². The van der Waals surface area contributed by atoms with Crippen molar-refractivity contribution >= 4 is 29.9 Å². The van der Waals surface area contributed by atoms with Gasteiger partial charge in [0.2, 0.25) is 5.91 Å². The van der Waals surface area contributed by atoms with Crippen LogP contribution in [0.1, 0.15) is 32.6 Å². The molecule has 0 aromatic carbocycles. The second-order valence-electron chi connectivity index (χ2n) is 10.4. The van der Waals surface area contributed by atoms with E-state index in [9.17, 15) is 35.4 Å². The Morgan fingerprint density at radius 2 is 1.60 bits per heavy atom. The quantitative estimate of drug-likeness (QED) is 0.0952. The minimum atomic E-state index is -1.65. The summed E-state index contributed by atoms with van der Waals surface area (Å²) >= 11 is 0. The molecule has 16 nitrogen and oxygen atoms in total. The highest BCUT2D eigenvalue weighted by molar-refractivity contribution is 14.0. The second-order valence-corrected chi connectivity index (χ2v) is 10.4. The van der Waals surface area contributed by atoms with Crippen LogP contribution in [0, 0.1) is 0 Å². The number of hydrogen-bond acceptors (Lipinski definition) is 15. The Kier molecular flexibility index (Phi) is 14.3. The molecule has 1 saturated carbocycles. The van der Waals surface area contributed by atoms with Crippen LogP contribution in [-0.2, 0) is 23.7 Å². The van der Waals surface area contributed by atoms with Crippen LogP contribution in [0.2, 0.25) is 0 Å². The van der Waals surface area contributed by atoms with Crippen molar-refractivity contribution in [2.24, 2.45) is 22.9 Å². The third-order valence-electron chi connectivity index (χ3n) is 7.69. The predicted molar refractivity (Wildman–Crippen MR) is 149 cm³/mol. The fourth-order valence-electron chi connectivity index (χ4n) is 5.15. The SMILES string of the molecule is CCC1CCC(N)[C@@H](OC2C(O)[C@@H](O[C@H]3OC(CO)[C@@H](O)[C@H](N)C3O)[C@H](NC(=O)[C@@H](O)CCN)C(O)[C@@H]2N)O1.I. The first-order chi connectivity index (χ1) is 18.4. The number of hydrogen-bond donors (Lipinski definition) is 11. The molecule has 7 unspecified atom stereocenters. The van der Waals surface area contributed by atoms with Crippen LogP contribution in [0.4, 0.5) is 0 Å². The van der Waals surface area contributed by atoms with Gasteiger partial charge in [0.05, 0.1) is 43.0 Å². The van der Waals surface area contributed by atoms with Crippen LogP contribution < -0.4 is 28.3 Å². The third kappa shape index (κ3) is 7.97. The van der Waals surface area contributed by atoms with Crippen LogP contribution in [-0.4, -0.2) is 141 Å². The number of aliphatic hydroxyl groups is 6. The summed E-state index contributed by atoms with van der Waals surface area (Å²) in [4.78, 5) is 12.6. The monoisotopic (exact) mass is 695 g/mol. The topological polar surface area (TPSA) is 291 Å². The summed E-state index contributed by atoms with van der Waals surface area (Å²) in [5.41, 5.74) is 23.7. The first-order valence-electron chi connectivity index (χ1n) is 13.3. The predicted octanol–water partition coefficient (Wildman–Crippen LogP) is -5.36. The molecule has 3 aliphatic rings. The largest absolute Gasteiger partial charge is 0.394 e. The minimum absolute atomic E-state index is 0. The maximum Gasteiger partial charge on any atom is 0.249 e. The molecule has 0 aromatic heterocycles. The maximum absolute atomic E-state index is 12.6. The number of halogens is 1. The van der Waals surface area contributed by atoms with Gasteiger partial charge in [0.25, 0.3) is 0 Å². The molecule has 15 N–H and O–H groups in total. The van der Waals surface area contributed by atoms with Crippen LogP contribution in [0.15, 0.2) is 0 Å². The molecule has 2 aliphatic heterocycles. The number of rotatable bonds is 10. The zero-order chi connectivity index (χ0) is 29.0. The number of nitrogens with two attached hydrogens (primary N) is 4. The molecule has 2 saturated heterocycles. The lowest BCUT2D eigenvalue weighted by Gasteiger charge is -2.50. The second kappa shape index (κ2) is 15.9. The molecule has 0 spiro atoms. The van der Waals surface area contributed by atoms with Gasteiger partial charge in [-0.05, 0) is 32.2 Å². The molecule has 40 heavy (non-hydrogen) atoms. The van der Waals surface area contributed by atoms with Crippen molar-refractivity contribution in [3.05, 3.63) is 0 Å². The van der Waals surface area contributed by atoms with Gasteiger partial charge in [-0.15, -0.1) is 24.0 Å². The molecule has 0 bridgehead atoms. The van der Waals surface area contributed by atoms with E-state index in [1.54, 1.807) is 0 Å². The van der Waals surface area contributed by atoms with E-state index in [1.807, 2.05) is 6.92 Å². The molecule has 1 aliphatic carbocycles. The lowest BCUT2D eigenvalue weighted by Crippen LogP contribution is -2.74. The van der Waals surface area contributed by atoms with Gasteiger partial charge in [0.1, 0.15) is 42.7 Å². The van der Waals surface area contributed by atoms with Crippen LogP contribution in [0.5, 0.6) is 0 Å². The van der Waals surface area contributed by atoms with Crippen molar-refractivity contribution in [2.45, 2.75) is 124 Å². The summed E-state index contributed by atoms with van der Waals surface area (Å²) in [6.07, 6.45) is -12.6. The average Bonchev–Trinajstić information content (AvgIpc) is 2.92. The minimum Gasteiger partial charge on any atom is -0.394 e. The summed E-state index contributed by atoms with van der Waals surface area (Å²) in [5.74, 6) is -0.911. The van der Waals surface area contributed by atoms with Crippen molar-refractivity contribution < 1.29 is 54.4 Å². The molecule has 236 valence electrons. The summed E-state index contributed by atoms with van der Waals surface area (Å²) in [7, 11) is 0. The van der Waals surface area contributed by atoms with Crippen LogP contribution in [0.3, 0.4) is 0 Å². The van der Waals surface area contributed by atoms with E-state index in [4.69, 9.17) is 41.9 Å². The standard InChI is InChI=1S/C23H45N5O11.HI/c1-2-8-3-4-9(25)22(36-8)38-19-13(27)16(32)14(28-21(35)10(30)5-6-24)20(18(19)34)39-23-17(33)12(26)15(31)11(7-29)37-23;/h8-20,22-23,29-34H,2-7,24-27H2,1H3,(H,28,35);1H/t8?,9?,10-,11?,12-,13-,14+,15+,16?,17?,18?,19?,20-,22+,23+;/m0./s1. The van der Waals surface area contributed by atoms with E-state index in [-0.39, 0.29) is 43.0 Å². The number of ether oxygens (including phenoxy) is 4. The molecular weight excluding hydrogens is 649 g/mol. The Balaban J connectivity index is 0.00000560. The first-order valence-corrected chi connectivity index (χ1v) is 13.3. The number of nitrogens with one attached hydrogen (secondary N) is 1. The van der Waals surface area contributed by atoms with E-state index >= 15 is 0 Å². The molecule has 1 amide bonds. The highest BCUT2D eigenvalue weighted by Crippen LogP contribution is 2.32. The van der Waals surface area contributed by atoms with E-state index in [0.717, 1.165) is 6.42 Å². The Morgan fingerprint density at radius 3 is 2.20 bits per heavy atom. The van der Waals surface area contributed by atoms with Crippen molar-refractivity contribution in [2.75, 3.05) is 13.2 Å². The van der Waals surface area contributed by atoms with Crippen LogP contribution in [0.25, 0.3) is 0 Å². The van der Waals surface area contributed by atoms with Gasteiger partial charge in [0.15, 0.2) is 12.6 Å². The Labute approximate surface area is 249 Å². The number of aliphatic hydroxyl groups excluding tert-OH is 6. The van der Waals surface area contributed by atoms with Gasteiger partial charge >= 0.3 is 0 Å². The highest BCUT2D eigenvalue weighted by atomic mass is 127. The Hall–Kier alpha value is -0.360. The Morgan fingerprint density at radius 1 is 0.950 bits per heavy atom. The average molecular weight is 696 g/mol. The van der Waals surface area contributed by atoms with Gasteiger partial charge < -0.3 is 77.8 Å². The molecule has 15 atom stereocenters. The normalized spacial score (nSPS) is 44.9. The molecular formula is C23H46IN5O11. The van der Waals surface area contributed by atoms with Crippen molar-refractivity contribution in [3.8, 4) is 0 Å². The number of amides is 1. The van der Waals surface area contributed by atoms with Crippen LogP contribution >= 0.6 is 24.0 Å². The lowest BCUT2D eigenvalue weighted by molar-refractivity contribution is -0.319. The van der Waals surface area contributed by atoms with E-state index in [0.29, 0.717) is 12.8 Å². The smallest absolute Gasteiger partial charge is 0.249 e. The summed E-state index contributed by atoms with van der Waals surface area (Å²) in [6.45, 7) is 1.29. The van der Waals surface area contributed by atoms with Crippen molar-refractivity contribution in [1.82, 2.24) is 5.32 Å². The highest BCUT2D eigenvalue weighted by Gasteiger charge is 2.54. The summed E-state index contributed by atoms with van der Waals surface area (Å²) in [6, 6.07) is -4.53. The molecule has 0 aromatic rings. The van der Waals surface area contributed by atoms with Gasteiger partial charge in [0, 0.05) is 0 Å². The van der Waals surface area contributed by atoms with Crippen molar-refractivity contribution in [3.63, 3.8) is 0 Å². The fraction of sp³-hybridized carbons (Fsp3) is 0.957. The van der Waals surface area contributed by atoms with E-state index < -0.39 is 98.1 Å². The van der Waals surface area contributed by atoms with Gasteiger partial charge in [-0.25, -0.2) is 0 Å². The number of carbonyl (C=O) groups is 1. The third-order valence-corrected chi connectivity index (χ3v) is 7.69. The summed E-state index contributed by atoms with van der Waals surface area (Å²) in [5, 5.41) is 65.4. The fourth-order valence-corrected chi connectivity index (χ4v) is 5.15.